The van der Waals surface area contributed by atoms with E-state index in [0.717, 1.165) is 42.1 Å². The first-order chi connectivity index (χ1) is 10.3. The van der Waals surface area contributed by atoms with Crippen molar-refractivity contribution in [2.24, 2.45) is 5.92 Å². The minimum atomic E-state index is 0.378. The van der Waals surface area contributed by atoms with E-state index in [2.05, 4.69) is 28.7 Å². The summed E-state index contributed by atoms with van der Waals surface area (Å²) in [6.45, 7) is 3.98. The quantitative estimate of drug-likeness (QED) is 0.885. The molecule has 1 aliphatic heterocycles. The van der Waals surface area contributed by atoms with Gasteiger partial charge in [0.05, 0.1) is 11.7 Å². The van der Waals surface area contributed by atoms with Gasteiger partial charge >= 0.3 is 0 Å². The summed E-state index contributed by atoms with van der Waals surface area (Å²) in [7, 11) is 0. The van der Waals surface area contributed by atoms with Crippen molar-refractivity contribution in [3.05, 3.63) is 30.3 Å². The highest BCUT2D eigenvalue weighted by Crippen LogP contribution is 2.37. The number of hydrogen-bond donors (Lipinski definition) is 2. The van der Waals surface area contributed by atoms with Crippen molar-refractivity contribution in [2.45, 2.75) is 25.9 Å². The van der Waals surface area contributed by atoms with Crippen LogP contribution in [0.5, 0.6) is 0 Å². The first kappa shape index (κ1) is 14.4. The normalized spacial score (nSPS) is 21.6. The van der Waals surface area contributed by atoms with Crippen LogP contribution in [-0.4, -0.2) is 23.6 Å². The summed E-state index contributed by atoms with van der Waals surface area (Å²) < 4.78 is 10.0. The van der Waals surface area contributed by atoms with E-state index in [1.54, 1.807) is 0 Å². The molecular weight excluding hydrogens is 282 g/mol. The molecule has 1 aromatic heterocycles. The minimum Gasteiger partial charge on any atom is -0.382 e. The Labute approximate surface area is 129 Å². The number of nitrogens with one attached hydrogen (secondary N) is 1. The first-order valence-electron chi connectivity index (χ1n) is 7.45. The van der Waals surface area contributed by atoms with Crippen LogP contribution >= 0.6 is 11.5 Å². The molecule has 2 unspecified atom stereocenters. The van der Waals surface area contributed by atoms with Crippen molar-refractivity contribution in [3.63, 3.8) is 0 Å². The number of rotatable bonds is 5. The molecule has 5 heteroatoms. The molecule has 3 rings (SSSR count). The number of ether oxygens (including phenoxy) is 1. The van der Waals surface area contributed by atoms with Crippen LogP contribution in [0.2, 0.25) is 0 Å². The molecule has 2 aromatic rings. The fourth-order valence-electron chi connectivity index (χ4n) is 2.91. The molecule has 1 aromatic carbocycles. The van der Waals surface area contributed by atoms with Crippen LogP contribution in [0.4, 0.5) is 10.8 Å². The van der Waals surface area contributed by atoms with Gasteiger partial charge in [-0.2, -0.15) is 4.37 Å². The van der Waals surface area contributed by atoms with Gasteiger partial charge in [-0.05, 0) is 29.9 Å². The summed E-state index contributed by atoms with van der Waals surface area (Å²) in [6, 6.07) is 10.2. The second kappa shape index (κ2) is 6.45. The van der Waals surface area contributed by atoms with Crippen molar-refractivity contribution in [1.82, 2.24) is 4.37 Å². The summed E-state index contributed by atoms with van der Waals surface area (Å²) in [4.78, 5) is 0. The average Bonchev–Trinajstić information content (AvgIpc) is 3.12. The van der Waals surface area contributed by atoms with Gasteiger partial charge in [0.25, 0.3) is 0 Å². The smallest absolute Gasteiger partial charge is 0.147 e. The Bertz CT molecular complexity index is 584. The summed E-state index contributed by atoms with van der Waals surface area (Å²) in [5.74, 6) is 1.17. The van der Waals surface area contributed by atoms with Gasteiger partial charge in [-0.3, -0.25) is 0 Å². The molecule has 0 bridgehead atoms. The molecule has 1 saturated heterocycles. The zero-order valence-electron chi connectivity index (χ0n) is 12.2. The lowest BCUT2D eigenvalue weighted by atomic mass is 9.99. The molecule has 0 spiro atoms. The third-order valence-electron chi connectivity index (χ3n) is 4.05. The predicted molar refractivity (Wildman–Crippen MR) is 88.6 cm³/mol. The standard InChI is InChI=1S/C16H21N3OS/c1-2-13-12(8-9-20-13)10-18-16-14(15(17)19-21-16)11-6-4-3-5-7-11/h3-7,12-13,18H,2,8-10H2,1H3,(H2,17,19). The van der Waals surface area contributed by atoms with E-state index >= 15 is 0 Å². The molecule has 0 amide bonds. The van der Waals surface area contributed by atoms with Gasteiger partial charge in [0.15, 0.2) is 0 Å². The van der Waals surface area contributed by atoms with E-state index < -0.39 is 0 Å². The van der Waals surface area contributed by atoms with Crippen molar-refractivity contribution in [2.75, 3.05) is 24.2 Å². The van der Waals surface area contributed by atoms with E-state index in [0.29, 0.717) is 17.8 Å². The summed E-state index contributed by atoms with van der Waals surface area (Å²) in [5, 5.41) is 4.59. The van der Waals surface area contributed by atoms with Crippen molar-refractivity contribution in [1.29, 1.82) is 0 Å². The van der Waals surface area contributed by atoms with E-state index in [1.165, 1.54) is 11.5 Å². The Kier molecular flexibility index (Phi) is 4.41. The van der Waals surface area contributed by atoms with Gasteiger partial charge in [-0.1, -0.05) is 37.3 Å². The molecule has 4 nitrogen and oxygen atoms in total. The Morgan fingerprint density at radius 3 is 2.95 bits per heavy atom. The summed E-state index contributed by atoms with van der Waals surface area (Å²) in [6.07, 6.45) is 2.58. The topological polar surface area (TPSA) is 60.2 Å². The SMILES string of the molecule is CCC1OCCC1CNc1snc(N)c1-c1ccccc1. The fraction of sp³-hybridized carbons (Fsp3) is 0.438. The lowest BCUT2D eigenvalue weighted by Gasteiger charge is -2.17. The zero-order valence-corrected chi connectivity index (χ0v) is 13.0. The van der Waals surface area contributed by atoms with E-state index in [9.17, 15) is 0 Å². The second-order valence-electron chi connectivity index (χ2n) is 5.39. The van der Waals surface area contributed by atoms with Crippen LogP contribution in [0.3, 0.4) is 0 Å². The van der Waals surface area contributed by atoms with Gasteiger partial charge in [0, 0.05) is 19.1 Å². The van der Waals surface area contributed by atoms with E-state index in [4.69, 9.17) is 10.5 Å². The average molecular weight is 303 g/mol. The second-order valence-corrected chi connectivity index (χ2v) is 6.16. The van der Waals surface area contributed by atoms with Gasteiger partial charge in [-0.15, -0.1) is 0 Å². The molecule has 3 N–H and O–H groups in total. The van der Waals surface area contributed by atoms with Gasteiger partial charge in [-0.25, -0.2) is 0 Å². The zero-order chi connectivity index (χ0) is 14.7. The minimum absolute atomic E-state index is 0.378. The third-order valence-corrected chi connectivity index (χ3v) is 4.87. The maximum Gasteiger partial charge on any atom is 0.147 e. The Balaban J connectivity index is 1.75. The van der Waals surface area contributed by atoms with Gasteiger partial charge < -0.3 is 15.8 Å². The van der Waals surface area contributed by atoms with E-state index in [1.807, 2.05) is 18.2 Å². The molecule has 112 valence electrons. The number of nitrogens with two attached hydrogens (primary N) is 1. The number of hydrogen-bond acceptors (Lipinski definition) is 5. The summed E-state index contributed by atoms with van der Waals surface area (Å²) in [5.41, 5.74) is 8.18. The van der Waals surface area contributed by atoms with Crippen LogP contribution in [0.25, 0.3) is 11.1 Å². The van der Waals surface area contributed by atoms with Crippen LogP contribution in [-0.2, 0) is 4.74 Å². The van der Waals surface area contributed by atoms with Crippen LogP contribution in [0.1, 0.15) is 19.8 Å². The largest absolute Gasteiger partial charge is 0.382 e. The highest BCUT2D eigenvalue weighted by atomic mass is 32.1. The first-order valence-corrected chi connectivity index (χ1v) is 8.23. The highest BCUT2D eigenvalue weighted by molar-refractivity contribution is 7.11. The number of nitrogen functional groups attached to an aromatic ring is 1. The molecule has 0 saturated carbocycles. The van der Waals surface area contributed by atoms with Crippen LogP contribution < -0.4 is 11.1 Å². The molecule has 0 radical (unpaired) electrons. The number of benzene rings is 1. The monoisotopic (exact) mass is 303 g/mol. The van der Waals surface area contributed by atoms with Gasteiger partial charge in [0.2, 0.25) is 0 Å². The molecular formula is C16H21N3OS. The molecule has 1 aliphatic rings. The molecule has 21 heavy (non-hydrogen) atoms. The number of anilines is 2. The third kappa shape index (κ3) is 3.04. The van der Waals surface area contributed by atoms with Crippen molar-refractivity contribution >= 4 is 22.4 Å². The van der Waals surface area contributed by atoms with Crippen LogP contribution in [0.15, 0.2) is 30.3 Å². The number of aromatic nitrogens is 1. The maximum atomic E-state index is 6.05. The lowest BCUT2D eigenvalue weighted by Crippen LogP contribution is -2.22. The van der Waals surface area contributed by atoms with Gasteiger partial charge in [0.1, 0.15) is 10.8 Å². The predicted octanol–water partition coefficient (Wildman–Crippen LogP) is 3.62. The maximum absolute atomic E-state index is 6.05. The molecule has 1 fully saturated rings. The Morgan fingerprint density at radius 2 is 2.19 bits per heavy atom. The molecule has 0 aliphatic carbocycles. The van der Waals surface area contributed by atoms with Crippen molar-refractivity contribution in [3.8, 4) is 11.1 Å². The van der Waals surface area contributed by atoms with Crippen molar-refractivity contribution < 1.29 is 4.74 Å². The molecule has 2 heterocycles. The highest BCUT2D eigenvalue weighted by Gasteiger charge is 2.27. The van der Waals surface area contributed by atoms with E-state index in [-0.39, 0.29) is 0 Å². The number of nitrogens with zero attached hydrogens (tertiary/aromatic N) is 1. The summed E-state index contributed by atoms with van der Waals surface area (Å²) >= 11 is 1.44. The van der Waals surface area contributed by atoms with Crippen LogP contribution in [0, 0.1) is 5.92 Å². The lowest BCUT2D eigenvalue weighted by molar-refractivity contribution is 0.0900. The Morgan fingerprint density at radius 1 is 1.38 bits per heavy atom. The fourth-order valence-corrected chi connectivity index (χ4v) is 3.65. The Hall–Kier alpha value is -1.59. The molecule has 2 atom stereocenters.